The van der Waals surface area contributed by atoms with E-state index in [1.54, 1.807) is 0 Å². The highest BCUT2D eigenvalue weighted by atomic mass is 19.4. The van der Waals surface area contributed by atoms with Gasteiger partial charge < -0.3 is 9.84 Å². The van der Waals surface area contributed by atoms with Crippen LogP contribution in [0.2, 0.25) is 0 Å². The standard InChI is InChI=1S/C15H12F3N3O3/c1-24-10-6-4-9(5-7-10)12-11(15(16,17)18)3-2-8-19-21-13(20-12)14(22)23/h2-8,19H,1H3,(H,22,23). The van der Waals surface area contributed by atoms with Gasteiger partial charge in [-0.2, -0.15) is 13.2 Å². The number of alkyl halides is 3. The molecule has 2 rings (SSSR count). The van der Waals surface area contributed by atoms with Gasteiger partial charge in [0.15, 0.2) is 0 Å². The number of halogens is 3. The number of aromatic nitrogens is 3. The molecule has 0 aliphatic rings. The van der Waals surface area contributed by atoms with Gasteiger partial charge in [-0.15, -0.1) is 5.10 Å². The van der Waals surface area contributed by atoms with Crippen molar-refractivity contribution in [2.45, 2.75) is 6.18 Å². The highest BCUT2D eigenvalue weighted by Gasteiger charge is 2.34. The number of carbonyl (C=O) groups is 1. The van der Waals surface area contributed by atoms with Crippen molar-refractivity contribution in [2.75, 3.05) is 7.11 Å². The van der Waals surface area contributed by atoms with E-state index in [1.165, 1.54) is 31.4 Å². The Morgan fingerprint density at radius 2 is 1.88 bits per heavy atom. The number of aromatic carboxylic acids is 1. The summed E-state index contributed by atoms with van der Waals surface area (Å²) in [6.07, 6.45) is -3.67. The third-order valence-corrected chi connectivity index (χ3v) is 2.94. The summed E-state index contributed by atoms with van der Waals surface area (Å²) in [5, 5.41) is 14.7. The van der Waals surface area contributed by atoms with Gasteiger partial charge in [-0.3, -0.25) is 5.10 Å². The summed E-state index contributed by atoms with van der Waals surface area (Å²) in [5.74, 6) is -1.93. The molecule has 0 aliphatic carbocycles. The number of carboxylic acid groups (broad SMARTS) is 1. The number of aromatic amines is 1. The molecule has 0 spiro atoms. The molecule has 0 amide bonds. The number of hydrogen-bond acceptors (Lipinski definition) is 4. The quantitative estimate of drug-likeness (QED) is 0.895. The summed E-state index contributed by atoms with van der Waals surface area (Å²) in [4.78, 5) is 14.7. The van der Waals surface area contributed by atoms with Gasteiger partial charge >= 0.3 is 12.1 Å². The number of hydrogen-bond donors (Lipinski definition) is 2. The molecule has 0 unspecified atom stereocenters. The number of ether oxygens (including phenoxy) is 1. The van der Waals surface area contributed by atoms with Gasteiger partial charge in [-0.25, -0.2) is 9.78 Å². The van der Waals surface area contributed by atoms with E-state index >= 15 is 0 Å². The van der Waals surface area contributed by atoms with Crippen LogP contribution in [0.25, 0.3) is 11.3 Å². The Morgan fingerprint density at radius 1 is 1.21 bits per heavy atom. The van der Waals surface area contributed by atoms with Crippen LogP contribution in [0.15, 0.2) is 42.6 Å². The molecule has 2 N–H and O–H groups in total. The van der Waals surface area contributed by atoms with Crippen LogP contribution in [0.4, 0.5) is 13.2 Å². The van der Waals surface area contributed by atoms with Crippen LogP contribution in [0.1, 0.15) is 16.2 Å². The largest absolute Gasteiger partial charge is 0.497 e. The Hall–Kier alpha value is -3.10. The maximum absolute atomic E-state index is 13.4. The minimum atomic E-state index is -4.74. The summed E-state index contributed by atoms with van der Waals surface area (Å²) in [5.41, 5.74) is -1.58. The minimum absolute atomic E-state index is 0.0728. The zero-order chi connectivity index (χ0) is 17.7. The SMILES string of the molecule is COc1ccc(-c2nc(C(=O)O)n[nH]cccc2C(F)(F)F)cc1. The van der Waals surface area contributed by atoms with E-state index in [-0.39, 0.29) is 5.56 Å². The predicted octanol–water partition coefficient (Wildman–Crippen LogP) is 3.32. The van der Waals surface area contributed by atoms with Gasteiger partial charge in [-0.05, 0) is 36.4 Å². The molecule has 0 aliphatic heterocycles. The summed E-state index contributed by atoms with van der Waals surface area (Å²) in [6, 6.07) is 7.46. The Balaban J connectivity index is 2.84. The molecule has 0 saturated carbocycles. The maximum atomic E-state index is 13.4. The molecule has 0 bridgehead atoms. The van der Waals surface area contributed by atoms with Crippen molar-refractivity contribution in [3.8, 4) is 17.0 Å². The van der Waals surface area contributed by atoms with Crippen LogP contribution in [-0.4, -0.2) is 33.4 Å². The smallest absolute Gasteiger partial charge is 0.418 e. The molecule has 24 heavy (non-hydrogen) atoms. The van der Waals surface area contributed by atoms with Gasteiger partial charge in [0.2, 0.25) is 0 Å². The van der Waals surface area contributed by atoms with Crippen LogP contribution < -0.4 is 4.74 Å². The van der Waals surface area contributed by atoms with Crippen molar-refractivity contribution in [1.29, 1.82) is 0 Å². The maximum Gasteiger partial charge on any atom is 0.418 e. The Kier molecular flexibility index (Phi) is 5.02. The van der Waals surface area contributed by atoms with E-state index in [2.05, 4.69) is 15.2 Å². The molecular formula is C15H12F3N3O3. The third-order valence-electron chi connectivity index (χ3n) is 2.94. The number of carboxylic acids is 1. The van der Waals surface area contributed by atoms with E-state index in [0.29, 0.717) is 5.75 Å². The molecule has 9 heteroatoms. The first-order valence-electron chi connectivity index (χ1n) is 6.57. The molecule has 1 heterocycles. The van der Waals surface area contributed by atoms with E-state index in [4.69, 9.17) is 9.84 Å². The van der Waals surface area contributed by atoms with E-state index in [1.807, 2.05) is 0 Å². The van der Waals surface area contributed by atoms with Gasteiger partial charge in [0.1, 0.15) is 5.75 Å². The molecular weight excluding hydrogens is 327 g/mol. The van der Waals surface area contributed by atoms with E-state index < -0.39 is 29.2 Å². The number of H-pyrrole nitrogens is 1. The van der Waals surface area contributed by atoms with Gasteiger partial charge in [0.25, 0.3) is 5.82 Å². The lowest BCUT2D eigenvalue weighted by molar-refractivity contribution is -0.137. The fourth-order valence-electron chi connectivity index (χ4n) is 1.85. The Morgan fingerprint density at radius 3 is 2.42 bits per heavy atom. The zero-order valence-electron chi connectivity index (χ0n) is 12.3. The van der Waals surface area contributed by atoms with Crippen LogP contribution in [-0.2, 0) is 6.18 Å². The van der Waals surface area contributed by atoms with E-state index in [0.717, 1.165) is 18.3 Å². The van der Waals surface area contributed by atoms with E-state index in [9.17, 15) is 18.0 Å². The van der Waals surface area contributed by atoms with Gasteiger partial charge in [-0.1, -0.05) is 0 Å². The summed E-state index contributed by atoms with van der Waals surface area (Å²) in [6.45, 7) is 0. The molecule has 0 atom stereocenters. The first-order chi connectivity index (χ1) is 11.3. The third kappa shape index (κ3) is 4.00. The van der Waals surface area contributed by atoms with Gasteiger partial charge in [0.05, 0.1) is 18.4 Å². The first-order valence-corrected chi connectivity index (χ1v) is 6.57. The fourth-order valence-corrected chi connectivity index (χ4v) is 1.85. The lowest BCUT2D eigenvalue weighted by Gasteiger charge is -2.10. The van der Waals surface area contributed by atoms with Crippen molar-refractivity contribution in [3.63, 3.8) is 0 Å². The van der Waals surface area contributed by atoms with Crippen LogP contribution in [0, 0.1) is 0 Å². The number of benzene rings is 1. The minimum Gasteiger partial charge on any atom is -0.497 e. The lowest BCUT2D eigenvalue weighted by Crippen LogP contribution is -2.09. The highest BCUT2D eigenvalue weighted by Crippen LogP contribution is 2.35. The van der Waals surface area contributed by atoms with Crippen LogP contribution in [0.5, 0.6) is 5.75 Å². The summed E-state index contributed by atoms with van der Waals surface area (Å²) < 4.78 is 45.1. The Bertz CT molecular complexity index is 785. The molecule has 2 aromatic rings. The molecule has 0 fully saturated rings. The van der Waals surface area contributed by atoms with Crippen molar-refractivity contribution in [1.82, 2.24) is 15.2 Å². The highest BCUT2D eigenvalue weighted by molar-refractivity contribution is 5.83. The van der Waals surface area contributed by atoms with Crippen molar-refractivity contribution in [2.24, 2.45) is 0 Å². The predicted molar refractivity (Wildman–Crippen MR) is 78.0 cm³/mol. The summed E-state index contributed by atoms with van der Waals surface area (Å²) in [7, 11) is 1.42. The molecule has 0 radical (unpaired) electrons. The Labute approximate surface area is 134 Å². The second kappa shape index (κ2) is 6.99. The number of rotatable bonds is 3. The van der Waals surface area contributed by atoms with Crippen molar-refractivity contribution in [3.05, 3.63) is 54.0 Å². The first kappa shape index (κ1) is 17.3. The number of methoxy groups -OCH3 is 1. The average molecular weight is 339 g/mol. The average Bonchev–Trinajstić information content (AvgIpc) is 2.64. The van der Waals surface area contributed by atoms with Gasteiger partial charge in [0, 0.05) is 11.8 Å². The summed E-state index contributed by atoms with van der Waals surface area (Å²) >= 11 is 0. The van der Waals surface area contributed by atoms with Crippen LogP contribution >= 0.6 is 0 Å². The monoisotopic (exact) mass is 339 g/mol. The molecule has 0 saturated heterocycles. The fraction of sp³-hybridized carbons (Fsp3) is 0.133. The second-order valence-corrected chi connectivity index (χ2v) is 4.50. The normalized spacial score (nSPS) is 10.8. The molecule has 6 nitrogen and oxygen atoms in total. The molecule has 126 valence electrons. The van der Waals surface area contributed by atoms with Crippen molar-refractivity contribution < 1.29 is 27.8 Å². The van der Waals surface area contributed by atoms with Crippen molar-refractivity contribution >= 4 is 5.97 Å². The molecule has 1 aromatic heterocycles. The zero-order valence-corrected chi connectivity index (χ0v) is 12.3. The lowest BCUT2D eigenvalue weighted by atomic mass is 10.1. The van der Waals surface area contributed by atoms with Crippen LogP contribution in [0.3, 0.4) is 0 Å². The second-order valence-electron chi connectivity index (χ2n) is 4.50. The topological polar surface area (TPSA) is 88.1 Å². The number of nitrogens with one attached hydrogen (secondary N) is 1. The molecule has 1 aromatic carbocycles. The number of nitrogens with zero attached hydrogens (tertiary/aromatic N) is 2.